The molecule has 118 valence electrons. The highest BCUT2D eigenvalue weighted by molar-refractivity contribution is 6.58. The van der Waals surface area contributed by atoms with Crippen molar-refractivity contribution >= 4 is 12.6 Å². The lowest BCUT2D eigenvalue weighted by Crippen LogP contribution is -2.33. The van der Waals surface area contributed by atoms with E-state index < -0.39 is 7.12 Å². The molecule has 21 heavy (non-hydrogen) atoms. The van der Waals surface area contributed by atoms with Crippen LogP contribution in [-0.2, 0) is 6.54 Å². The smallest absolute Gasteiger partial charge is 0.423 e. The first-order chi connectivity index (χ1) is 9.96. The van der Waals surface area contributed by atoms with Crippen LogP contribution in [0.3, 0.4) is 0 Å². The Bertz CT molecular complexity index is 400. The standard InChI is InChI=1S/C17H30BNO2/c1-5-14(3)11-19(12-15(4)6-2)13-16-8-7-9-17(10-16)18(20)21/h7-10,14-15,20-21H,5-6,11-13H2,1-4H3. The van der Waals surface area contributed by atoms with Gasteiger partial charge in [0.15, 0.2) is 0 Å². The first-order valence-electron chi connectivity index (χ1n) is 8.13. The van der Waals surface area contributed by atoms with Crippen LogP contribution >= 0.6 is 0 Å². The van der Waals surface area contributed by atoms with E-state index in [1.54, 1.807) is 6.07 Å². The molecule has 0 fully saturated rings. The van der Waals surface area contributed by atoms with Crippen LogP contribution in [0.25, 0.3) is 0 Å². The van der Waals surface area contributed by atoms with Crippen LogP contribution in [0.1, 0.15) is 46.1 Å². The topological polar surface area (TPSA) is 43.7 Å². The van der Waals surface area contributed by atoms with Gasteiger partial charge < -0.3 is 10.0 Å². The highest BCUT2D eigenvalue weighted by Gasteiger charge is 2.15. The van der Waals surface area contributed by atoms with E-state index in [9.17, 15) is 10.0 Å². The minimum absolute atomic E-state index is 0.569. The Hall–Kier alpha value is -0.835. The molecule has 0 aliphatic heterocycles. The summed E-state index contributed by atoms with van der Waals surface area (Å²) in [6.07, 6.45) is 2.37. The molecule has 0 saturated carbocycles. The van der Waals surface area contributed by atoms with Gasteiger partial charge in [-0.05, 0) is 22.9 Å². The molecular weight excluding hydrogens is 261 g/mol. The molecule has 2 N–H and O–H groups in total. The molecule has 0 aromatic heterocycles. The average molecular weight is 291 g/mol. The number of hydrogen-bond acceptors (Lipinski definition) is 3. The molecule has 3 nitrogen and oxygen atoms in total. The zero-order chi connectivity index (χ0) is 15.8. The van der Waals surface area contributed by atoms with E-state index in [0.29, 0.717) is 17.3 Å². The maximum Gasteiger partial charge on any atom is 0.488 e. The number of hydrogen-bond donors (Lipinski definition) is 2. The van der Waals surface area contributed by atoms with Crippen molar-refractivity contribution in [1.82, 2.24) is 4.90 Å². The summed E-state index contributed by atoms with van der Waals surface area (Å²) in [7, 11) is -1.39. The molecule has 1 aromatic carbocycles. The predicted octanol–water partition coefficient (Wildman–Crippen LogP) is 2.26. The Morgan fingerprint density at radius 1 is 1.05 bits per heavy atom. The highest BCUT2D eigenvalue weighted by atomic mass is 16.4. The Morgan fingerprint density at radius 3 is 2.10 bits per heavy atom. The quantitative estimate of drug-likeness (QED) is 0.686. The van der Waals surface area contributed by atoms with Crippen molar-refractivity contribution < 1.29 is 10.0 Å². The van der Waals surface area contributed by atoms with Crippen LogP contribution < -0.4 is 5.46 Å². The molecular formula is C17H30BNO2. The highest BCUT2D eigenvalue weighted by Crippen LogP contribution is 2.13. The van der Waals surface area contributed by atoms with Gasteiger partial charge in [0.2, 0.25) is 0 Å². The second-order valence-electron chi connectivity index (χ2n) is 6.34. The molecule has 2 atom stereocenters. The molecule has 0 saturated heterocycles. The van der Waals surface area contributed by atoms with E-state index in [-0.39, 0.29) is 0 Å². The molecule has 0 radical (unpaired) electrons. The maximum atomic E-state index is 9.29. The van der Waals surface area contributed by atoms with Crippen molar-refractivity contribution in [1.29, 1.82) is 0 Å². The number of benzene rings is 1. The van der Waals surface area contributed by atoms with E-state index in [2.05, 4.69) is 38.7 Å². The summed E-state index contributed by atoms with van der Waals surface area (Å²) in [6, 6.07) is 7.60. The molecule has 0 aliphatic carbocycles. The van der Waals surface area contributed by atoms with Crippen LogP contribution in [0.15, 0.2) is 24.3 Å². The Kier molecular flexibility index (Phi) is 8.01. The van der Waals surface area contributed by atoms with Crippen molar-refractivity contribution in [3.63, 3.8) is 0 Å². The fourth-order valence-electron chi connectivity index (χ4n) is 2.45. The van der Waals surface area contributed by atoms with Crippen molar-refractivity contribution in [2.24, 2.45) is 11.8 Å². The van der Waals surface area contributed by atoms with E-state index in [1.807, 2.05) is 12.1 Å². The second-order valence-corrected chi connectivity index (χ2v) is 6.34. The summed E-state index contributed by atoms with van der Waals surface area (Å²) >= 11 is 0. The maximum absolute atomic E-state index is 9.29. The number of rotatable bonds is 9. The molecule has 1 aromatic rings. The van der Waals surface area contributed by atoms with Crippen LogP contribution in [-0.4, -0.2) is 35.2 Å². The van der Waals surface area contributed by atoms with Gasteiger partial charge in [0, 0.05) is 19.6 Å². The third kappa shape index (κ3) is 6.64. The molecule has 4 heteroatoms. The zero-order valence-corrected chi connectivity index (χ0v) is 13.9. The molecule has 0 bridgehead atoms. The zero-order valence-electron chi connectivity index (χ0n) is 13.9. The van der Waals surface area contributed by atoms with Gasteiger partial charge in [-0.3, -0.25) is 4.90 Å². The summed E-state index contributed by atoms with van der Waals surface area (Å²) in [6.45, 7) is 12.1. The molecule has 0 spiro atoms. The van der Waals surface area contributed by atoms with Crippen molar-refractivity contribution in [2.45, 2.75) is 47.1 Å². The van der Waals surface area contributed by atoms with Crippen molar-refractivity contribution in [3.05, 3.63) is 29.8 Å². The van der Waals surface area contributed by atoms with Crippen LogP contribution in [0.4, 0.5) is 0 Å². The summed E-state index contributed by atoms with van der Waals surface area (Å²) in [5, 5.41) is 18.6. The lowest BCUT2D eigenvalue weighted by atomic mass is 9.79. The molecule has 0 aliphatic rings. The average Bonchev–Trinajstić information content (AvgIpc) is 2.47. The summed E-state index contributed by atoms with van der Waals surface area (Å²) in [4.78, 5) is 2.49. The van der Waals surface area contributed by atoms with E-state index in [0.717, 1.165) is 25.2 Å². The molecule has 2 unspecified atom stereocenters. The molecule has 1 rings (SSSR count). The van der Waals surface area contributed by atoms with Gasteiger partial charge in [-0.1, -0.05) is 64.8 Å². The normalized spacial score (nSPS) is 14.2. The molecule has 0 amide bonds. The van der Waals surface area contributed by atoms with Gasteiger partial charge in [-0.25, -0.2) is 0 Å². The van der Waals surface area contributed by atoms with Crippen molar-refractivity contribution in [2.75, 3.05) is 13.1 Å². The van der Waals surface area contributed by atoms with Gasteiger partial charge in [-0.2, -0.15) is 0 Å². The van der Waals surface area contributed by atoms with Gasteiger partial charge >= 0.3 is 7.12 Å². The first-order valence-corrected chi connectivity index (χ1v) is 8.13. The minimum atomic E-state index is -1.39. The summed E-state index contributed by atoms with van der Waals surface area (Å²) in [5.74, 6) is 1.36. The SMILES string of the molecule is CCC(C)CN(Cc1cccc(B(O)O)c1)CC(C)CC. The second kappa shape index (κ2) is 9.24. The van der Waals surface area contributed by atoms with Crippen LogP contribution in [0, 0.1) is 11.8 Å². The number of nitrogens with zero attached hydrogens (tertiary/aromatic N) is 1. The lowest BCUT2D eigenvalue weighted by molar-refractivity contribution is 0.196. The third-order valence-corrected chi connectivity index (χ3v) is 4.19. The van der Waals surface area contributed by atoms with Gasteiger partial charge in [-0.15, -0.1) is 0 Å². The Balaban J connectivity index is 2.76. The van der Waals surface area contributed by atoms with E-state index in [4.69, 9.17) is 0 Å². The Morgan fingerprint density at radius 2 is 1.62 bits per heavy atom. The minimum Gasteiger partial charge on any atom is -0.423 e. The Labute approximate surface area is 130 Å². The lowest BCUT2D eigenvalue weighted by Gasteiger charge is -2.28. The summed E-state index contributed by atoms with van der Waals surface area (Å²) in [5.41, 5.74) is 1.71. The van der Waals surface area contributed by atoms with Gasteiger partial charge in [0.1, 0.15) is 0 Å². The molecule has 0 heterocycles. The monoisotopic (exact) mass is 291 g/mol. The van der Waals surface area contributed by atoms with Crippen LogP contribution in [0.5, 0.6) is 0 Å². The fourth-order valence-corrected chi connectivity index (χ4v) is 2.45. The van der Waals surface area contributed by atoms with E-state index >= 15 is 0 Å². The van der Waals surface area contributed by atoms with E-state index in [1.165, 1.54) is 12.8 Å². The predicted molar refractivity (Wildman–Crippen MR) is 90.5 cm³/mol. The first kappa shape index (κ1) is 18.2. The van der Waals surface area contributed by atoms with Gasteiger partial charge in [0.05, 0.1) is 0 Å². The summed E-state index contributed by atoms with van der Waals surface area (Å²) < 4.78 is 0. The van der Waals surface area contributed by atoms with Gasteiger partial charge in [0.25, 0.3) is 0 Å². The largest absolute Gasteiger partial charge is 0.488 e. The third-order valence-electron chi connectivity index (χ3n) is 4.19. The van der Waals surface area contributed by atoms with Crippen molar-refractivity contribution in [3.8, 4) is 0 Å². The fraction of sp³-hybridized carbons (Fsp3) is 0.647. The van der Waals surface area contributed by atoms with Crippen LogP contribution in [0.2, 0.25) is 0 Å².